The second-order valence-electron chi connectivity index (χ2n) is 4.18. The van der Waals surface area contributed by atoms with Gasteiger partial charge in [-0.1, -0.05) is 6.92 Å². The predicted molar refractivity (Wildman–Crippen MR) is 55.7 cm³/mol. The Hall–Kier alpha value is -1.10. The standard InChI is InChI=1S/C11H18O5/c1-6-5-7(2)15-10(11(13)14-4)9(6)16-8(3)12/h6-7,9-10H,5H2,1-4H3/t6-,7?,9-,10-/m0/s1. The second-order valence-corrected chi connectivity index (χ2v) is 4.18. The molecule has 5 heteroatoms. The number of esters is 2. The summed E-state index contributed by atoms with van der Waals surface area (Å²) in [6, 6.07) is 0. The monoisotopic (exact) mass is 230 g/mol. The molecule has 0 aliphatic carbocycles. The Balaban J connectivity index is 2.80. The maximum atomic E-state index is 11.5. The van der Waals surface area contributed by atoms with Crippen LogP contribution in [0.5, 0.6) is 0 Å². The molecule has 0 radical (unpaired) electrons. The summed E-state index contributed by atoms with van der Waals surface area (Å²) in [5.74, 6) is -0.828. The van der Waals surface area contributed by atoms with Gasteiger partial charge in [0.1, 0.15) is 6.10 Å². The molecule has 4 atom stereocenters. The summed E-state index contributed by atoms with van der Waals surface area (Å²) in [5, 5.41) is 0. The lowest BCUT2D eigenvalue weighted by molar-refractivity contribution is -0.194. The third-order valence-corrected chi connectivity index (χ3v) is 2.68. The molecule has 5 nitrogen and oxygen atoms in total. The number of carbonyl (C=O) groups is 2. The lowest BCUT2D eigenvalue weighted by atomic mass is 9.90. The highest BCUT2D eigenvalue weighted by atomic mass is 16.6. The van der Waals surface area contributed by atoms with Crippen molar-refractivity contribution in [3.8, 4) is 0 Å². The summed E-state index contributed by atoms with van der Waals surface area (Å²) in [7, 11) is 1.29. The van der Waals surface area contributed by atoms with Crippen LogP contribution >= 0.6 is 0 Å². The van der Waals surface area contributed by atoms with Gasteiger partial charge in [0.25, 0.3) is 0 Å². The summed E-state index contributed by atoms with van der Waals surface area (Å²) in [4.78, 5) is 22.5. The van der Waals surface area contributed by atoms with E-state index in [-0.39, 0.29) is 12.0 Å². The van der Waals surface area contributed by atoms with Gasteiger partial charge in [0.15, 0.2) is 6.10 Å². The molecular formula is C11H18O5. The zero-order valence-corrected chi connectivity index (χ0v) is 10.1. The summed E-state index contributed by atoms with van der Waals surface area (Å²) in [6.07, 6.45) is -0.648. The van der Waals surface area contributed by atoms with Crippen molar-refractivity contribution in [1.29, 1.82) is 0 Å². The van der Waals surface area contributed by atoms with Gasteiger partial charge < -0.3 is 14.2 Å². The minimum Gasteiger partial charge on any atom is -0.467 e. The highest BCUT2D eigenvalue weighted by Gasteiger charge is 2.42. The normalized spacial score (nSPS) is 34.2. The molecule has 1 rings (SSSR count). The zero-order valence-electron chi connectivity index (χ0n) is 10.1. The van der Waals surface area contributed by atoms with Crippen LogP contribution in [0, 0.1) is 5.92 Å². The second kappa shape index (κ2) is 5.30. The van der Waals surface area contributed by atoms with Crippen LogP contribution in [-0.4, -0.2) is 37.4 Å². The van der Waals surface area contributed by atoms with E-state index in [9.17, 15) is 9.59 Å². The lowest BCUT2D eigenvalue weighted by Gasteiger charge is -2.37. The molecule has 0 aromatic heterocycles. The maximum Gasteiger partial charge on any atom is 0.338 e. The minimum atomic E-state index is -0.812. The fourth-order valence-corrected chi connectivity index (χ4v) is 2.01. The van der Waals surface area contributed by atoms with Gasteiger partial charge in [0.05, 0.1) is 13.2 Å². The van der Waals surface area contributed by atoms with Crippen molar-refractivity contribution in [3.63, 3.8) is 0 Å². The van der Waals surface area contributed by atoms with Crippen molar-refractivity contribution in [2.45, 2.75) is 45.5 Å². The van der Waals surface area contributed by atoms with Crippen LogP contribution in [0.1, 0.15) is 27.2 Å². The SMILES string of the molecule is COC(=O)[C@H]1OC(C)C[C@H](C)[C@@H]1OC(C)=O. The van der Waals surface area contributed by atoms with Crippen molar-refractivity contribution >= 4 is 11.9 Å². The number of hydrogen-bond acceptors (Lipinski definition) is 5. The predicted octanol–water partition coefficient (Wildman–Crippen LogP) is 0.905. The van der Waals surface area contributed by atoms with Crippen molar-refractivity contribution in [2.24, 2.45) is 5.92 Å². The summed E-state index contributed by atoms with van der Waals surface area (Å²) in [5.41, 5.74) is 0. The number of ether oxygens (including phenoxy) is 3. The van der Waals surface area contributed by atoms with Gasteiger partial charge in [-0.2, -0.15) is 0 Å². The van der Waals surface area contributed by atoms with E-state index in [1.807, 2.05) is 13.8 Å². The fraction of sp³-hybridized carbons (Fsp3) is 0.818. The largest absolute Gasteiger partial charge is 0.467 e. The highest BCUT2D eigenvalue weighted by Crippen LogP contribution is 2.28. The average molecular weight is 230 g/mol. The van der Waals surface area contributed by atoms with Gasteiger partial charge in [0, 0.05) is 6.92 Å². The third-order valence-electron chi connectivity index (χ3n) is 2.68. The molecule has 0 amide bonds. The topological polar surface area (TPSA) is 61.8 Å². The van der Waals surface area contributed by atoms with E-state index in [1.165, 1.54) is 14.0 Å². The van der Waals surface area contributed by atoms with Crippen molar-refractivity contribution in [3.05, 3.63) is 0 Å². The van der Waals surface area contributed by atoms with Crippen LogP contribution in [0.4, 0.5) is 0 Å². The molecular weight excluding hydrogens is 212 g/mol. The molecule has 1 aliphatic rings. The first-order valence-electron chi connectivity index (χ1n) is 5.36. The Morgan fingerprint density at radius 1 is 1.31 bits per heavy atom. The smallest absolute Gasteiger partial charge is 0.338 e. The Morgan fingerprint density at radius 2 is 1.94 bits per heavy atom. The molecule has 0 N–H and O–H groups in total. The van der Waals surface area contributed by atoms with Crippen molar-refractivity contribution in [1.82, 2.24) is 0 Å². The molecule has 1 aliphatic heterocycles. The molecule has 1 unspecified atom stereocenters. The van der Waals surface area contributed by atoms with Gasteiger partial charge in [-0.3, -0.25) is 4.79 Å². The molecule has 0 aromatic rings. The number of hydrogen-bond donors (Lipinski definition) is 0. The first-order valence-corrected chi connectivity index (χ1v) is 5.36. The van der Waals surface area contributed by atoms with Crippen LogP contribution in [0.3, 0.4) is 0 Å². The van der Waals surface area contributed by atoms with E-state index < -0.39 is 24.1 Å². The number of methoxy groups -OCH3 is 1. The zero-order chi connectivity index (χ0) is 12.3. The van der Waals surface area contributed by atoms with Crippen molar-refractivity contribution < 1.29 is 23.8 Å². The molecule has 0 aromatic carbocycles. The van der Waals surface area contributed by atoms with E-state index in [0.717, 1.165) is 6.42 Å². The van der Waals surface area contributed by atoms with Gasteiger partial charge in [0.2, 0.25) is 0 Å². The number of rotatable bonds is 2. The van der Waals surface area contributed by atoms with E-state index in [1.54, 1.807) is 0 Å². The van der Waals surface area contributed by atoms with E-state index in [2.05, 4.69) is 4.74 Å². The quantitative estimate of drug-likeness (QED) is 0.660. The first-order chi connectivity index (χ1) is 7.45. The fourth-order valence-electron chi connectivity index (χ4n) is 2.01. The van der Waals surface area contributed by atoms with Crippen LogP contribution < -0.4 is 0 Å². The van der Waals surface area contributed by atoms with E-state index in [4.69, 9.17) is 9.47 Å². The summed E-state index contributed by atoms with van der Waals surface area (Å²) in [6.45, 7) is 5.14. The summed E-state index contributed by atoms with van der Waals surface area (Å²) < 4.78 is 15.2. The summed E-state index contributed by atoms with van der Waals surface area (Å²) >= 11 is 0. The van der Waals surface area contributed by atoms with Crippen LogP contribution in [-0.2, 0) is 23.8 Å². The Bertz CT molecular complexity index is 276. The molecule has 0 spiro atoms. The minimum absolute atomic E-state index is 0.0362. The Labute approximate surface area is 95.0 Å². The molecule has 1 fully saturated rings. The molecule has 0 saturated carbocycles. The van der Waals surface area contributed by atoms with E-state index in [0.29, 0.717) is 0 Å². The third kappa shape index (κ3) is 2.95. The van der Waals surface area contributed by atoms with Crippen LogP contribution in [0.25, 0.3) is 0 Å². The molecule has 16 heavy (non-hydrogen) atoms. The first kappa shape index (κ1) is 13.0. The maximum absolute atomic E-state index is 11.5. The van der Waals surface area contributed by atoms with Gasteiger partial charge in [-0.15, -0.1) is 0 Å². The lowest BCUT2D eigenvalue weighted by Crippen LogP contribution is -2.50. The highest BCUT2D eigenvalue weighted by molar-refractivity contribution is 5.76. The van der Waals surface area contributed by atoms with Crippen LogP contribution in [0.15, 0.2) is 0 Å². The Morgan fingerprint density at radius 3 is 2.44 bits per heavy atom. The average Bonchev–Trinajstić information content (AvgIpc) is 2.20. The Kier molecular flexibility index (Phi) is 4.29. The molecule has 1 heterocycles. The van der Waals surface area contributed by atoms with Gasteiger partial charge in [-0.05, 0) is 19.3 Å². The molecule has 0 bridgehead atoms. The number of carbonyl (C=O) groups excluding carboxylic acids is 2. The van der Waals surface area contributed by atoms with Gasteiger partial charge in [-0.25, -0.2) is 4.79 Å². The van der Waals surface area contributed by atoms with Gasteiger partial charge >= 0.3 is 11.9 Å². The van der Waals surface area contributed by atoms with E-state index >= 15 is 0 Å². The molecule has 1 saturated heterocycles. The van der Waals surface area contributed by atoms with Crippen molar-refractivity contribution in [2.75, 3.05) is 7.11 Å². The molecule has 92 valence electrons. The van der Waals surface area contributed by atoms with Crippen LogP contribution in [0.2, 0.25) is 0 Å².